The van der Waals surface area contributed by atoms with E-state index >= 15 is 0 Å². The highest BCUT2D eigenvalue weighted by molar-refractivity contribution is 5.28. The summed E-state index contributed by atoms with van der Waals surface area (Å²) in [6.45, 7) is 12.3. The highest BCUT2D eigenvalue weighted by Crippen LogP contribution is 2.66. The van der Waals surface area contributed by atoms with E-state index in [1.807, 2.05) is 5.57 Å². The molecule has 4 aliphatic carbocycles. The van der Waals surface area contributed by atoms with Crippen LogP contribution in [0.2, 0.25) is 0 Å². The molecule has 1 nitrogen and oxygen atoms in total. The Balaban J connectivity index is 1.58. The number of aliphatic hydroxyl groups excluding tert-OH is 1. The van der Waals surface area contributed by atoms with E-state index < -0.39 is 0 Å². The molecule has 0 spiro atoms. The minimum absolute atomic E-state index is 0.0451. The van der Waals surface area contributed by atoms with Crippen LogP contribution in [0.15, 0.2) is 23.8 Å². The van der Waals surface area contributed by atoms with Gasteiger partial charge in [-0.1, -0.05) is 58.4 Å². The molecule has 4 aliphatic rings. The van der Waals surface area contributed by atoms with E-state index in [-0.39, 0.29) is 6.10 Å². The molecule has 4 rings (SSSR count). The van der Waals surface area contributed by atoms with Crippen LogP contribution >= 0.6 is 0 Å². The van der Waals surface area contributed by atoms with Crippen LogP contribution in [0, 0.1) is 46.3 Å². The van der Waals surface area contributed by atoms with Crippen molar-refractivity contribution in [1.82, 2.24) is 0 Å². The molecule has 0 aromatic carbocycles. The molecule has 3 fully saturated rings. The van der Waals surface area contributed by atoms with Crippen molar-refractivity contribution in [2.45, 2.75) is 92.1 Å². The largest absolute Gasteiger partial charge is 0.393 e. The molecule has 0 radical (unpaired) electrons. The van der Waals surface area contributed by atoms with Crippen LogP contribution in [-0.4, -0.2) is 11.2 Å². The van der Waals surface area contributed by atoms with Crippen molar-refractivity contribution >= 4 is 0 Å². The Hall–Kier alpha value is -0.560. The van der Waals surface area contributed by atoms with Crippen LogP contribution in [0.25, 0.3) is 0 Å². The second-order valence-corrected chi connectivity index (χ2v) is 11.4. The summed E-state index contributed by atoms with van der Waals surface area (Å²) in [4.78, 5) is 0. The van der Waals surface area contributed by atoms with Crippen LogP contribution in [0.4, 0.5) is 0 Å². The van der Waals surface area contributed by atoms with Crippen LogP contribution in [0.5, 0.6) is 0 Å². The van der Waals surface area contributed by atoms with Gasteiger partial charge in [-0.25, -0.2) is 0 Å². The molecule has 0 aromatic heterocycles. The molecule has 8 atom stereocenters. The highest BCUT2D eigenvalue weighted by atomic mass is 16.3. The second-order valence-electron chi connectivity index (χ2n) is 11.4. The lowest BCUT2D eigenvalue weighted by Crippen LogP contribution is -2.49. The van der Waals surface area contributed by atoms with Crippen molar-refractivity contribution < 1.29 is 5.11 Å². The van der Waals surface area contributed by atoms with E-state index in [0.29, 0.717) is 28.6 Å². The maximum absolute atomic E-state index is 10.2. The Morgan fingerprint density at radius 3 is 2.41 bits per heavy atom. The van der Waals surface area contributed by atoms with E-state index in [9.17, 15) is 5.11 Å². The Morgan fingerprint density at radius 2 is 1.67 bits per heavy atom. The summed E-state index contributed by atoms with van der Waals surface area (Å²) < 4.78 is 0. The fraction of sp³-hybridized carbons (Fsp3) is 0.846. The van der Waals surface area contributed by atoms with Gasteiger partial charge in [0, 0.05) is 0 Å². The predicted octanol–water partition coefficient (Wildman–Crippen LogP) is 6.77. The number of hydrogen-bond donors (Lipinski definition) is 1. The van der Waals surface area contributed by atoms with Gasteiger partial charge in [0.2, 0.25) is 0 Å². The molecule has 0 amide bonds. The fourth-order valence-corrected chi connectivity index (χ4v) is 7.93. The molecule has 0 bridgehead atoms. The van der Waals surface area contributed by atoms with Crippen LogP contribution in [0.1, 0.15) is 86.0 Å². The van der Waals surface area contributed by atoms with Crippen molar-refractivity contribution in [3.05, 3.63) is 23.8 Å². The summed E-state index contributed by atoms with van der Waals surface area (Å²) in [5.74, 6) is 4.54. The third-order valence-electron chi connectivity index (χ3n) is 9.56. The first-order chi connectivity index (χ1) is 12.8. The maximum Gasteiger partial charge on any atom is 0.0543 e. The van der Waals surface area contributed by atoms with Gasteiger partial charge in [0.1, 0.15) is 0 Å². The fourth-order valence-electron chi connectivity index (χ4n) is 7.93. The van der Waals surface area contributed by atoms with E-state index in [2.05, 4.69) is 52.8 Å². The molecule has 1 heteroatoms. The Bertz CT molecular complexity index is 616. The standard InChI is InChI=1S/C26H42O/c1-17(2)6-7-18(3)22-10-11-23-21-9-8-19-16-20(27)12-14-25(19,4)24(21)13-15-26(22,23)5/h6-7,9,17-20,22-24,27H,8,10-16H2,1-5H3/b7-6-. The minimum atomic E-state index is -0.0451. The summed E-state index contributed by atoms with van der Waals surface area (Å²) >= 11 is 0. The lowest BCUT2D eigenvalue weighted by atomic mass is 9.47. The molecule has 8 unspecified atom stereocenters. The summed E-state index contributed by atoms with van der Waals surface area (Å²) in [6, 6.07) is 0. The smallest absolute Gasteiger partial charge is 0.0543 e. The summed E-state index contributed by atoms with van der Waals surface area (Å²) in [5, 5.41) is 10.2. The number of hydrogen-bond acceptors (Lipinski definition) is 1. The maximum atomic E-state index is 10.2. The molecule has 1 N–H and O–H groups in total. The van der Waals surface area contributed by atoms with E-state index in [0.717, 1.165) is 30.6 Å². The average molecular weight is 371 g/mol. The Morgan fingerprint density at radius 1 is 0.963 bits per heavy atom. The average Bonchev–Trinajstić information content (AvgIpc) is 2.97. The van der Waals surface area contributed by atoms with Gasteiger partial charge in [-0.3, -0.25) is 0 Å². The second kappa shape index (κ2) is 7.05. The number of aliphatic hydroxyl groups is 1. The van der Waals surface area contributed by atoms with Crippen LogP contribution in [0.3, 0.4) is 0 Å². The lowest BCUT2D eigenvalue weighted by Gasteiger charge is -2.57. The molecule has 152 valence electrons. The molecule has 0 aromatic rings. The lowest BCUT2D eigenvalue weighted by molar-refractivity contribution is -0.0414. The van der Waals surface area contributed by atoms with Gasteiger partial charge in [-0.2, -0.15) is 0 Å². The third-order valence-corrected chi connectivity index (χ3v) is 9.56. The van der Waals surface area contributed by atoms with E-state index in [1.54, 1.807) is 0 Å². The number of rotatable bonds is 3. The zero-order valence-electron chi connectivity index (χ0n) is 18.4. The van der Waals surface area contributed by atoms with E-state index in [1.165, 1.54) is 38.5 Å². The van der Waals surface area contributed by atoms with Crippen molar-refractivity contribution in [3.63, 3.8) is 0 Å². The van der Waals surface area contributed by atoms with Gasteiger partial charge in [0.15, 0.2) is 0 Å². The van der Waals surface area contributed by atoms with Crippen molar-refractivity contribution in [1.29, 1.82) is 0 Å². The molecule has 0 saturated heterocycles. The topological polar surface area (TPSA) is 20.2 Å². The first-order valence-corrected chi connectivity index (χ1v) is 11.8. The Labute approximate surface area is 167 Å². The summed E-state index contributed by atoms with van der Waals surface area (Å²) in [7, 11) is 0. The summed E-state index contributed by atoms with van der Waals surface area (Å²) in [5.41, 5.74) is 2.80. The van der Waals surface area contributed by atoms with Crippen molar-refractivity contribution in [3.8, 4) is 0 Å². The SMILES string of the molecule is CC(C)/C=C\C(C)C1CCC2C3=CCC4CC(O)CCC4(C)C3CCC21C. The van der Waals surface area contributed by atoms with Crippen molar-refractivity contribution in [2.75, 3.05) is 0 Å². The van der Waals surface area contributed by atoms with Gasteiger partial charge < -0.3 is 5.11 Å². The molecular formula is C26H42O. The highest BCUT2D eigenvalue weighted by Gasteiger charge is 2.57. The molecule has 0 heterocycles. The predicted molar refractivity (Wildman–Crippen MR) is 114 cm³/mol. The normalized spacial score (nSPS) is 48.1. The van der Waals surface area contributed by atoms with Crippen molar-refractivity contribution in [2.24, 2.45) is 46.3 Å². The van der Waals surface area contributed by atoms with E-state index in [4.69, 9.17) is 0 Å². The molecule has 27 heavy (non-hydrogen) atoms. The zero-order valence-corrected chi connectivity index (χ0v) is 18.4. The minimum Gasteiger partial charge on any atom is -0.393 e. The van der Waals surface area contributed by atoms with Gasteiger partial charge in [-0.05, 0) is 97.7 Å². The molecule has 0 aliphatic heterocycles. The van der Waals surface area contributed by atoms with Gasteiger partial charge in [0.25, 0.3) is 0 Å². The van der Waals surface area contributed by atoms with Gasteiger partial charge in [-0.15, -0.1) is 0 Å². The first-order valence-electron chi connectivity index (χ1n) is 11.8. The van der Waals surface area contributed by atoms with Gasteiger partial charge in [0.05, 0.1) is 6.10 Å². The Kier molecular flexibility index (Phi) is 5.15. The van der Waals surface area contributed by atoms with Crippen LogP contribution in [-0.2, 0) is 0 Å². The van der Waals surface area contributed by atoms with Gasteiger partial charge >= 0.3 is 0 Å². The third kappa shape index (κ3) is 3.17. The van der Waals surface area contributed by atoms with Crippen LogP contribution < -0.4 is 0 Å². The quantitative estimate of drug-likeness (QED) is 0.543. The molecular weight excluding hydrogens is 328 g/mol. The zero-order chi connectivity index (χ0) is 19.4. The molecule has 3 saturated carbocycles. The number of fused-ring (bicyclic) bond motifs is 5. The summed E-state index contributed by atoms with van der Waals surface area (Å²) in [6.07, 6.45) is 17.7. The monoisotopic (exact) mass is 370 g/mol. The first kappa shape index (κ1) is 19.7. The number of allylic oxidation sites excluding steroid dienone is 4.